The van der Waals surface area contributed by atoms with Crippen LogP contribution in [0.15, 0.2) is 36.7 Å². The van der Waals surface area contributed by atoms with E-state index in [0.717, 1.165) is 23.7 Å². The maximum absolute atomic E-state index is 6.05. The molecule has 1 aromatic carbocycles. The van der Waals surface area contributed by atoms with Gasteiger partial charge in [-0.2, -0.15) is 0 Å². The molecule has 2 atom stereocenters. The largest absolute Gasteiger partial charge is 0.486 e. The Bertz CT molecular complexity index is 582. The second-order valence-electron chi connectivity index (χ2n) is 4.97. The first-order valence-corrected chi connectivity index (χ1v) is 6.80. The van der Waals surface area contributed by atoms with Crippen molar-refractivity contribution in [2.45, 2.75) is 18.6 Å². The first-order chi connectivity index (χ1) is 9.78. The summed E-state index contributed by atoms with van der Waals surface area (Å²) in [5.41, 5.74) is 0. The molecule has 20 heavy (non-hydrogen) atoms. The molecule has 0 radical (unpaired) electrons. The summed E-state index contributed by atoms with van der Waals surface area (Å²) in [6, 6.07) is 7.93. The molecular weight excluding hydrogens is 254 g/mol. The third kappa shape index (κ3) is 2.49. The van der Waals surface area contributed by atoms with Gasteiger partial charge in [-0.1, -0.05) is 12.1 Å². The van der Waals surface area contributed by atoms with Gasteiger partial charge in [-0.15, -0.1) is 0 Å². The summed E-state index contributed by atoms with van der Waals surface area (Å²) in [5.74, 6) is 2.66. The Labute approximate surface area is 118 Å². The molecule has 0 saturated carbocycles. The standard InChI is InChI=1S/C15H19N3O2/c1-16-11(9-15-17-7-8-18(15)2)14-10-19-12-5-3-4-6-13(12)20-14/h3-8,11,14,16H,9-10H2,1-2H3. The number of aryl methyl sites for hydroxylation is 1. The van der Waals surface area contributed by atoms with Crippen molar-refractivity contribution >= 4 is 0 Å². The zero-order valence-corrected chi connectivity index (χ0v) is 11.7. The predicted molar refractivity (Wildman–Crippen MR) is 76.1 cm³/mol. The molecule has 1 aliphatic heterocycles. The number of fused-ring (bicyclic) bond motifs is 1. The molecule has 5 heteroatoms. The van der Waals surface area contributed by atoms with Crippen LogP contribution in [-0.4, -0.2) is 35.4 Å². The van der Waals surface area contributed by atoms with Crippen molar-refractivity contribution in [2.75, 3.05) is 13.7 Å². The molecule has 2 aromatic rings. The highest BCUT2D eigenvalue weighted by Gasteiger charge is 2.28. The minimum Gasteiger partial charge on any atom is -0.486 e. The molecule has 0 aliphatic carbocycles. The lowest BCUT2D eigenvalue weighted by atomic mass is 10.1. The molecule has 1 aliphatic rings. The minimum atomic E-state index is -0.0217. The van der Waals surface area contributed by atoms with E-state index in [-0.39, 0.29) is 12.1 Å². The Hall–Kier alpha value is -2.01. The zero-order chi connectivity index (χ0) is 13.9. The highest BCUT2D eigenvalue weighted by atomic mass is 16.6. The lowest BCUT2D eigenvalue weighted by molar-refractivity contribution is 0.0634. The number of nitrogens with zero attached hydrogens (tertiary/aromatic N) is 2. The van der Waals surface area contributed by atoms with Gasteiger partial charge in [0.15, 0.2) is 11.5 Å². The number of rotatable bonds is 4. The molecular formula is C15H19N3O2. The zero-order valence-electron chi connectivity index (χ0n) is 11.7. The molecule has 0 spiro atoms. The second-order valence-corrected chi connectivity index (χ2v) is 4.97. The van der Waals surface area contributed by atoms with E-state index in [9.17, 15) is 0 Å². The van der Waals surface area contributed by atoms with Gasteiger partial charge in [0.1, 0.15) is 18.5 Å². The maximum atomic E-state index is 6.05. The maximum Gasteiger partial charge on any atom is 0.161 e. The van der Waals surface area contributed by atoms with Gasteiger partial charge >= 0.3 is 0 Å². The summed E-state index contributed by atoms with van der Waals surface area (Å²) >= 11 is 0. The van der Waals surface area contributed by atoms with Gasteiger partial charge in [-0.25, -0.2) is 4.98 Å². The highest BCUT2D eigenvalue weighted by molar-refractivity contribution is 5.40. The fourth-order valence-electron chi connectivity index (χ4n) is 2.44. The monoisotopic (exact) mass is 273 g/mol. The molecule has 3 rings (SSSR count). The van der Waals surface area contributed by atoms with Crippen molar-refractivity contribution in [1.29, 1.82) is 0 Å². The lowest BCUT2D eigenvalue weighted by Crippen LogP contribution is -2.48. The number of benzene rings is 1. The minimum absolute atomic E-state index is 0.0217. The van der Waals surface area contributed by atoms with Crippen molar-refractivity contribution in [3.8, 4) is 11.5 Å². The number of para-hydroxylation sites is 2. The average molecular weight is 273 g/mol. The van der Waals surface area contributed by atoms with Crippen LogP contribution in [0.3, 0.4) is 0 Å². The Kier molecular flexibility index (Phi) is 3.60. The van der Waals surface area contributed by atoms with E-state index in [4.69, 9.17) is 9.47 Å². The molecule has 0 amide bonds. The highest BCUT2D eigenvalue weighted by Crippen LogP contribution is 2.31. The SMILES string of the molecule is CNC(Cc1nccn1C)C1COc2ccccc2O1. The summed E-state index contributed by atoms with van der Waals surface area (Å²) in [6.07, 6.45) is 4.55. The van der Waals surface area contributed by atoms with Gasteiger partial charge in [-0.05, 0) is 19.2 Å². The van der Waals surface area contributed by atoms with Gasteiger partial charge in [0.05, 0.1) is 6.04 Å². The molecule has 0 bridgehead atoms. The molecule has 5 nitrogen and oxygen atoms in total. The first-order valence-electron chi connectivity index (χ1n) is 6.80. The molecule has 1 aromatic heterocycles. The predicted octanol–water partition coefficient (Wildman–Crippen LogP) is 1.39. The molecule has 0 fully saturated rings. The van der Waals surface area contributed by atoms with E-state index in [2.05, 4.69) is 10.3 Å². The second kappa shape index (κ2) is 5.54. The number of ether oxygens (including phenoxy) is 2. The van der Waals surface area contributed by atoms with Gasteiger partial charge in [0.2, 0.25) is 0 Å². The van der Waals surface area contributed by atoms with Gasteiger partial charge in [0, 0.05) is 25.9 Å². The Balaban J connectivity index is 1.73. The quantitative estimate of drug-likeness (QED) is 0.914. The van der Waals surface area contributed by atoms with Gasteiger partial charge < -0.3 is 19.4 Å². The Morgan fingerprint density at radius 2 is 2.20 bits per heavy atom. The van der Waals surface area contributed by atoms with Gasteiger partial charge in [-0.3, -0.25) is 0 Å². The third-order valence-corrected chi connectivity index (χ3v) is 3.67. The summed E-state index contributed by atoms with van der Waals surface area (Å²) in [4.78, 5) is 4.37. The first kappa shape index (κ1) is 13.0. The van der Waals surface area contributed by atoms with Gasteiger partial charge in [0.25, 0.3) is 0 Å². The topological polar surface area (TPSA) is 48.3 Å². The smallest absolute Gasteiger partial charge is 0.161 e. The fourth-order valence-corrected chi connectivity index (χ4v) is 2.44. The van der Waals surface area contributed by atoms with E-state index >= 15 is 0 Å². The number of hydrogen-bond acceptors (Lipinski definition) is 4. The number of likely N-dealkylation sites (N-methyl/N-ethyl adjacent to an activating group) is 1. The van der Waals surface area contributed by atoms with Crippen LogP contribution in [0.2, 0.25) is 0 Å². The molecule has 1 N–H and O–H groups in total. The molecule has 2 heterocycles. The summed E-state index contributed by atoms with van der Waals surface area (Å²) < 4.78 is 13.9. The fraction of sp³-hybridized carbons (Fsp3) is 0.400. The Morgan fingerprint density at radius 3 is 2.90 bits per heavy atom. The third-order valence-electron chi connectivity index (χ3n) is 3.67. The van der Waals surface area contributed by atoms with Crippen LogP contribution in [-0.2, 0) is 13.5 Å². The van der Waals surface area contributed by atoms with E-state index in [1.54, 1.807) is 0 Å². The lowest BCUT2D eigenvalue weighted by Gasteiger charge is -2.32. The molecule has 0 saturated heterocycles. The van der Waals surface area contributed by atoms with E-state index < -0.39 is 0 Å². The summed E-state index contributed by atoms with van der Waals surface area (Å²) in [7, 11) is 3.94. The van der Waals surface area contributed by atoms with Crippen molar-refractivity contribution in [1.82, 2.24) is 14.9 Å². The van der Waals surface area contributed by atoms with Crippen LogP contribution in [0.1, 0.15) is 5.82 Å². The number of imidazole rings is 1. The van der Waals surface area contributed by atoms with Crippen LogP contribution < -0.4 is 14.8 Å². The van der Waals surface area contributed by atoms with Crippen molar-refractivity contribution in [3.63, 3.8) is 0 Å². The Morgan fingerprint density at radius 1 is 1.40 bits per heavy atom. The summed E-state index contributed by atoms with van der Waals surface area (Å²) in [5, 5.41) is 3.31. The van der Waals surface area contributed by atoms with Crippen LogP contribution >= 0.6 is 0 Å². The number of hydrogen-bond donors (Lipinski definition) is 1. The molecule has 2 unspecified atom stereocenters. The average Bonchev–Trinajstić information content (AvgIpc) is 2.89. The normalized spacial score (nSPS) is 18.8. The summed E-state index contributed by atoms with van der Waals surface area (Å²) in [6.45, 7) is 0.549. The number of nitrogens with one attached hydrogen (secondary N) is 1. The van der Waals surface area contributed by atoms with E-state index in [1.165, 1.54) is 0 Å². The van der Waals surface area contributed by atoms with E-state index in [1.807, 2.05) is 55.3 Å². The van der Waals surface area contributed by atoms with Crippen LogP contribution in [0, 0.1) is 0 Å². The van der Waals surface area contributed by atoms with Crippen LogP contribution in [0.5, 0.6) is 11.5 Å². The van der Waals surface area contributed by atoms with E-state index in [0.29, 0.717) is 6.61 Å². The molecule has 106 valence electrons. The van der Waals surface area contributed by atoms with Crippen molar-refractivity contribution < 1.29 is 9.47 Å². The van der Waals surface area contributed by atoms with Crippen molar-refractivity contribution in [3.05, 3.63) is 42.5 Å². The van der Waals surface area contributed by atoms with Crippen LogP contribution in [0.4, 0.5) is 0 Å². The van der Waals surface area contributed by atoms with Crippen LogP contribution in [0.25, 0.3) is 0 Å². The number of aromatic nitrogens is 2. The van der Waals surface area contributed by atoms with Crippen molar-refractivity contribution in [2.24, 2.45) is 7.05 Å².